The summed E-state index contributed by atoms with van der Waals surface area (Å²) in [5.41, 5.74) is 0. The lowest BCUT2D eigenvalue weighted by molar-refractivity contribution is 0.102. The summed E-state index contributed by atoms with van der Waals surface area (Å²) in [6.07, 6.45) is 4.55. The molecular formula is C10H17N3O2. The molecule has 5 nitrogen and oxygen atoms in total. The van der Waals surface area contributed by atoms with Crippen LogP contribution in [-0.4, -0.2) is 29.9 Å². The van der Waals surface area contributed by atoms with Crippen molar-refractivity contribution in [3.05, 3.63) is 11.7 Å². The van der Waals surface area contributed by atoms with E-state index in [1.54, 1.807) is 0 Å². The summed E-state index contributed by atoms with van der Waals surface area (Å²) >= 11 is 0. The van der Waals surface area contributed by atoms with E-state index in [1.807, 2.05) is 7.05 Å². The summed E-state index contributed by atoms with van der Waals surface area (Å²) in [5.74, 6) is 1.44. The fourth-order valence-corrected chi connectivity index (χ4v) is 1.78. The monoisotopic (exact) mass is 211 g/mol. The van der Waals surface area contributed by atoms with Gasteiger partial charge in [0.05, 0.1) is 12.6 Å². The molecule has 0 aliphatic carbocycles. The first-order chi connectivity index (χ1) is 7.38. The lowest BCUT2D eigenvalue weighted by Gasteiger charge is -2.05. The van der Waals surface area contributed by atoms with Gasteiger partial charge in [0.15, 0.2) is 5.82 Å². The Bertz CT molecular complexity index is 295. The van der Waals surface area contributed by atoms with Crippen LogP contribution in [-0.2, 0) is 17.7 Å². The minimum absolute atomic E-state index is 0.393. The Kier molecular flexibility index (Phi) is 3.69. The number of aromatic nitrogens is 2. The second-order valence-electron chi connectivity index (χ2n) is 3.81. The van der Waals surface area contributed by atoms with E-state index in [0.717, 1.165) is 37.6 Å². The standard InChI is InChI=1S/C10H17N3O2/c1-11-7-9-12-10(15-13-9)5-4-8-3-2-6-14-8/h8,11H,2-7H2,1H3. The molecule has 1 aromatic rings. The van der Waals surface area contributed by atoms with Crippen LogP contribution in [0.5, 0.6) is 0 Å². The SMILES string of the molecule is CNCc1noc(CCC2CCCO2)n1. The quantitative estimate of drug-likeness (QED) is 0.784. The predicted molar refractivity (Wildman–Crippen MR) is 54.4 cm³/mol. The van der Waals surface area contributed by atoms with Crippen LogP contribution in [0.1, 0.15) is 31.0 Å². The third kappa shape index (κ3) is 3.00. The zero-order valence-electron chi connectivity index (χ0n) is 9.03. The first-order valence-electron chi connectivity index (χ1n) is 5.46. The van der Waals surface area contributed by atoms with Gasteiger partial charge in [-0.3, -0.25) is 0 Å². The number of hydrogen-bond donors (Lipinski definition) is 1. The van der Waals surface area contributed by atoms with Gasteiger partial charge in [-0.05, 0) is 26.3 Å². The number of rotatable bonds is 5. The van der Waals surface area contributed by atoms with Gasteiger partial charge < -0.3 is 14.6 Å². The number of ether oxygens (including phenoxy) is 1. The first kappa shape index (κ1) is 10.6. The number of aryl methyl sites for hydroxylation is 1. The molecule has 0 radical (unpaired) electrons. The highest BCUT2D eigenvalue weighted by Crippen LogP contribution is 2.17. The molecule has 1 atom stereocenters. The zero-order valence-corrected chi connectivity index (χ0v) is 9.03. The fraction of sp³-hybridized carbons (Fsp3) is 0.800. The molecule has 1 aliphatic heterocycles. The van der Waals surface area contributed by atoms with E-state index in [-0.39, 0.29) is 0 Å². The van der Waals surface area contributed by atoms with Crippen LogP contribution in [0.25, 0.3) is 0 Å². The Balaban J connectivity index is 1.77. The van der Waals surface area contributed by atoms with Crippen LogP contribution in [0.2, 0.25) is 0 Å². The summed E-state index contributed by atoms with van der Waals surface area (Å²) < 4.78 is 10.6. The maximum atomic E-state index is 5.53. The van der Waals surface area contributed by atoms with Gasteiger partial charge in [0.25, 0.3) is 0 Å². The molecule has 1 aromatic heterocycles. The Labute approximate surface area is 89.2 Å². The summed E-state index contributed by atoms with van der Waals surface area (Å²) in [4.78, 5) is 4.27. The van der Waals surface area contributed by atoms with Crippen LogP contribution in [0.3, 0.4) is 0 Å². The van der Waals surface area contributed by atoms with E-state index in [2.05, 4.69) is 15.5 Å². The van der Waals surface area contributed by atoms with Crippen LogP contribution >= 0.6 is 0 Å². The summed E-state index contributed by atoms with van der Waals surface area (Å²) in [5, 5.41) is 6.85. The van der Waals surface area contributed by atoms with Crippen molar-refractivity contribution in [3.63, 3.8) is 0 Å². The Morgan fingerprint density at radius 1 is 1.53 bits per heavy atom. The van der Waals surface area contributed by atoms with E-state index in [0.29, 0.717) is 12.6 Å². The molecule has 1 unspecified atom stereocenters. The van der Waals surface area contributed by atoms with Crippen molar-refractivity contribution in [1.82, 2.24) is 15.5 Å². The van der Waals surface area contributed by atoms with E-state index >= 15 is 0 Å². The van der Waals surface area contributed by atoms with Crippen molar-refractivity contribution in [1.29, 1.82) is 0 Å². The summed E-state index contributed by atoms with van der Waals surface area (Å²) in [6.45, 7) is 1.56. The topological polar surface area (TPSA) is 60.2 Å². The van der Waals surface area contributed by atoms with Gasteiger partial charge in [0.2, 0.25) is 5.89 Å². The number of hydrogen-bond acceptors (Lipinski definition) is 5. The second kappa shape index (κ2) is 5.23. The van der Waals surface area contributed by atoms with Crippen LogP contribution in [0, 0.1) is 0 Å². The van der Waals surface area contributed by atoms with Crippen molar-refractivity contribution in [3.8, 4) is 0 Å². The highest BCUT2D eigenvalue weighted by Gasteiger charge is 2.16. The van der Waals surface area contributed by atoms with Gasteiger partial charge >= 0.3 is 0 Å². The molecule has 1 saturated heterocycles. The van der Waals surface area contributed by atoms with Crippen LogP contribution in [0.4, 0.5) is 0 Å². The molecule has 15 heavy (non-hydrogen) atoms. The normalized spacial score (nSPS) is 21.0. The molecule has 1 N–H and O–H groups in total. The molecule has 2 rings (SSSR count). The molecule has 5 heteroatoms. The van der Waals surface area contributed by atoms with E-state index in [4.69, 9.17) is 9.26 Å². The van der Waals surface area contributed by atoms with Crippen molar-refractivity contribution in [2.75, 3.05) is 13.7 Å². The molecule has 0 spiro atoms. The third-order valence-electron chi connectivity index (χ3n) is 2.55. The Hall–Kier alpha value is -0.940. The second-order valence-corrected chi connectivity index (χ2v) is 3.81. The molecule has 0 aromatic carbocycles. The van der Waals surface area contributed by atoms with Gasteiger partial charge in [0, 0.05) is 13.0 Å². The van der Waals surface area contributed by atoms with E-state index in [9.17, 15) is 0 Å². The van der Waals surface area contributed by atoms with Gasteiger partial charge in [-0.2, -0.15) is 4.98 Å². The third-order valence-corrected chi connectivity index (χ3v) is 2.55. The molecular weight excluding hydrogens is 194 g/mol. The van der Waals surface area contributed by atoms with Crippen molar-refractivity contribution in [2.24, 2.45) is 0 Å². The molecule has 84 valence electrons. The maximum absolute atomic E-state index is 5.53. The smallest absolute Gasteiger partial charge is 0.226 e. The van der Waals surface area contributed by atoms with Gasteiger partial charge in [-0.25, -0.2) is 0 Å². The molecule has 1 fully saturated rings. The highest BCUT2D eigenvalue weighted by atomic mass is 16.5. The van der Waals surface area contributed by atoms with Gasteiger partial charge in [0.1, 0.15) is 0 Å². The maximum Gasteiger partial charge on any atom is 0.226 e. The summed E-state index contributed by atoms with van der Waals surface area (Å²) in [7, 11) is 1.86. The highest BCUT2D eigenvalue weighted by molar-refractivity contribution is 4.86. The number of nitrogens with zero attached hydrogens (tertiary/aromatic N) is 2. The van der Waals surface area contributed by atoms with Gasteiger partial charge in [-0.15, -0.1) is 0 Å². The van der Waals surface area contributed by atoms with Crippen LogP contribution in [0.15, 0.2) is 4.52 Å². The Morgan fingerprint density at radius 2 is 2.47 bits per heavy atom. The zero-order chi connectivity index (χ0) is 10.5. The van der Waals surface area contributed by atoms with E-state index < -0.39 is 0 Å². The van der Waals surface area contributed by atoms with Crippen LogP contribution < -0.4 is 5.32 Å². The van der Waals surface area contributed by atoms with Gasteiger partial charge in [-0.1, -0.05) is 5.16 Å². The van der Waals surface area contributed by atoms with E-state index in [1.165, 1.54) is 6.42 Å². The molecule has 0 saturated carbocycles. The first-order valence-corrected chi connectivity index (χ1v) is 5.46. The number of nitrogens with one attached hydrogen (secondary N) is 1. The predicted octanol–water partition coefficient (Wildman–Crippen LogP) is 0.901. The van der Waals surface area contributed by atoms with Crippen molar-refractivity contribution < 1.29 is 9.26 Å². The molecule has 2 heterocycles. The average Bonchev–Trinajstić information content (AvgIpc) is 2.85. The molecule has 0 bridgehead atoms. The lowest BCUT2D eigenvalue weighted by atomic mass is 10.1. The van der Waals surface area contributed by atoms with Crippen molar-refractivity contribution >= 4 is 0 Å². The summed E-state index contributed by atoms with van der Waals surface area (Å²) in [6, 6.07) is 0. The van der Waals surface area contributed by atoms with Crippen molar-refractivity contribution in [2.45, 2.75) is 38.3 Å². The minimum atomic E-state index is 0.393. The molecule has 1 aliphatic rings. The Morgan fingerprint density at radius 3 is 3.20 bits per heavy atom. The minimum Gasteiger partial charge on any atom is -0.378 e. The fourth-order valence-electron chi connectivity index (χ4n) is 1.78. The largest absolute Gasteiger partial charge is 0.378 e. The molecule has 0 amide bonds. The average molecular weight is 211 g/mol. The lowest BCUT2D eigenvalue weighted by Crippen LogP contribution is -2.07.